The van der Waals surface area contributed by atoms with Gasteiger partial charge in [0.2, 0.25) is 0 Å². The van der Waals surface area contributed by atoms with Crippen LogP contribution >= 0.6 is 0 Å². The smallest absolute Gasteiger partial charge is 0.410 e. The van der Waals surface area contributed by atoms with Gasteiger partial charge in [-0.3, -0.25) is 5.10 Å². The van der Waals surface area contributed by atoms with Crippen LogP contribution in [0, 0.1) is 0 Å². The summed E-state index contributed by atoms with van der Waals surface area (Å²) in [7, 11) is 0. The fourth-order valence-corrected chi connectivity index (χ4v) is 4.08. The number of amides is 1. The first-order valence-electron chi connectivity index (χ1n) is 9.58. The summed E-state index contributed by atoms with van der Waals surface area (Å²) in [6, 6.07) is 1.16. The fourth-order valence-electron chi connectivity index (χ4n) is 4.08. The summed E-state index contributed by atoms with van der Waals surface area (Å²) in [5.74, 6) is 0. The third kappa shape index (κ3) is 4.75. The molecule has 0 radical (unpaired) electrons. The minimum Gasteiger partial charge on any atom is -0.444 e. The number of aryl methyl sites for hydroxylation is 1. The molecule has 1 aromatic heterocycles. The summed E-state index contributed by atoms with van der Waals surface area (Å²) in [6.45, 7) is 8.82. The summed E-state index contributed by atoms with van der Waals surface area (Å²) in [5.41, 5.74) is 2.20. The molecule has 0 aromatic carbocycles. The number of H-pyrrole nitrogens is 1. The highest BCUT2D eigenvalue weighted by atomic mass is 16.6. The number of carbonyl (C=O) groups is 1. The molecular weight excluding hydrogens is 316 g/mol. The van der Waals surface area contributed by atoms with Crippen molar-refractivity contribution in [1.29, 1.82) is 0 Å². The topological polar surface area (TPSA) is 70.2 Å². The first kappa shape index (κ1) is 18.2. The quantitative estimate of drug-likeness (QED) is 0.877. The van der Waals surface area contributed by atoms with Crippen molar-refractivity contribution in [2.24, 2.45) is 0 Å². The zero-order valence-electron chi connectivity index (χ0n) is 16.0. The highest BCUT2D eigenvalue weighted by Crippen LogP contribution is 2.25. The van der Waals surface area contributed by atoms with Crippen molar-refractivity contribution < 1.29 is 9.53 Å². The molecule has 0 saturated carbocycles. The number of ether oxygens (including phenoxy) is 1. The summed E-state index contributed by atoms with van der Waals surface area (Å²) in [6.07, 6.45) is 8.15. The molecule has 1 aromatic rings. The van der Waals surface area contributed by atoms with E-state index in [9.17, 15) is 4.79 Å². The average Bonchev–Trinajstić information content (AvgIpc) is 3.13. The lowest BCUT2D eigenvalue weighted by molar-refractivity contribution is 0.0214. The zero-order valence-corrected chi connectivity index (χ0v) is 16.0. The molecule has 2 aliphatic rings. The number of carbonyl (C=O) groups excluding carboxylic acids is 1. The van der Waals surface area contributed by atoms with Crippen LogP contribution in [0.3, 0.4) is 0 Å². The molecule has 6 nitrogen and oxygen atoms in total. The van der Waals surface area contributed by atoms with Gasteiger partial charge in [0.15, 0.2) is 0 Å². The summed E-state index contributed by atoms with van der Waals surface area (Å²) in [4.78, 5) is 14.4. The van der Waals surface area contributed by atoms with Gasteiger partial charge in [-0.2, -0.15) is 5.10 Å². The maximum atomic E-state index is 12.4. The number of aromatic amines is 1. The highest BCUT2D eigenvalue weighted by molar-refractivity contribution is 5.68. The molecule has 0 unspecified atom stereocenters. The van der Waals surface area contributed by atoms with Gasteiger partial charge in [-0.15, -0.1) is 0 Å². The predicted molar refractivity (Wildman–Crippen MR) is 97.6 cm³/mol. The minimum absolute atomic E-state index is 0.164. The third-order valence-electron chi connectivity index (χ3n) is 5.17. The van der Waals surface area contributed by atoms with E-state index in [1.807, 2.05) is 31.9 Å². The molecule has 25 heavy (non-hydrogen) atoms. The maximum absolute atomic E-state index is 12.4. The molecule has 6 heteroatoms. The molecule has 3 rings (SSSR count). The van der Waals surface area contributed by atoms with Gasteiger partial charge < -0.3 is 15.0 Å². The van der Waals surface area contributed by atoms with Crippen LogP contribution < -0.4 is 5.32 Å². The number of aromatic nitrogens is 2. The second-order valence-corrected chi connectivity index (χ2v) is 8.59. The van der Waals surface area contributed by atoms with Gasteiger partial charge in [-0.05, 0) is 71.8 Å². The molecule has 2 N–H and O–H groups in total. The first-order chi connectivity index (χ1) is 11.8. The Hall–Kier alpha value is -1.56. The van der Waals surface area contributed by atoms with Gasteiger partial charge in [0, 0.05) is 30.4 Å². The molecule has 1 fully saturated rings. The van der Waals surface area contributed by atoms with Gasteiger partial charge in [0.25, 0.3) is 0 Å². The number of hydrogen-bond donors (Lipinski definition) is 2. The van der Waals surface area contributed by atoms with Gasteiger partial charge >= 0.3 is 6.09 Å². The lowest BCUT2D eigenvalue weighted by Crippen LogP contribution is -2.45. The first-order valence-corrected chi connectivity index (χ1v) is 9.58. The van der Waals surface area contributed by atoms with Crippen LogP contribution in [0.4, 0.5) is 4.79 Å². The van der Waals surface area contributed by atoms with E-state index in [-0.39, 0.29) is 12.1 Å². The Labute approximate surface area is 150 Å². The Bertz CT molecular complexity index is 592. The molecule has 2 heterocycles. The van der Waals surface area contributed by atoms with Crippen LogP contribution in [0.2, 0.25) is 0 Å². The Morgan fingerprint density at radius 3 is 3.04 bits per heavy atom. The van der Waals surface area contributed by atoms with Gasteiger partial charge in [0.05, 0.1) is 6.20 Å². The summed E-state index contributed by atoms with van der Waals surface area (Å²) < 4.78 is 5.57. The zero-order chi connectivity index (χ0) is 18.0. The number of nitrogens with one attached hydrogen (secondary N) is 2. The molecule has 1 aliphatic heterocycles. The van der Waals surface area contributed by atoms with Crippen molar-refractivity contribution in [3.8, 4) is 0 Å². The van der Waals surface area contributed by atoms with Crippen molar-refractivity contribution in [2.45, 2.75) is 89.9 Å². The standard InChI is InChI=1S/C19H32N4O2/c1-13(21-15-7-8-17-14(11-15)12-20-22-17)10-16-6-5-9-23(16)18(24)25-19(2,3)4/h12-13,15-16,21H,5-11H2,1-4H3,(H,20,22)/t13-,15-,16+/m1/s1. The van der Waals surface area contributed by atoms with Gasteiger partial charge in [-0.1, -0.05) is 0 Å². The SMILES string of the molecule is C[C@H](C[C@@H]1CCCN1C(=O)OC(C)(C)C)N[C@@H]1CCc2[nH]ncc2C1. The van der Waals surface area contributed by atoms with E-state index in [2.05, 4.69) is 22.4 Å². The normalized spacial score (nSPS) is 24.9. The number of nitrogens with zero attached hydrogens (tertiary/aromatic N) is 2. The van der Waals surface area contributed by atoms with E-state index in [0.29, 0.717) is 12.1 Å². The summed E-state index contributed by atoms with van der Waals surface area (Å²) in [5, 5.41) is 11.0. The molecule has 3 atom stereocenters. The maximum Gasteiger partial charge on any atom is 0.410 e. The second-order valence-electron chi connectivity index (χ2n) is 8.59. The molecule has 0 spiro atoms. The minimum atomic E-state index is -0.432. The molecular formula is C19H32N4O2. The fraction of sp³-hybridized carbons (Fsp3) is 0.789. The Kier molecular flexibility index (Phi) is 5.37. The Balaban J connectivity index is 1.50. The average molecular weight is 348 g/mol. The van der Waals surface area contributed by atoms with Crippen LogP contribution in [0.15, 0.2) is 6.20 Å². The van der Waals surface area contributed by atoms with Crippen molar-refractivity contribution in [3.63, 3.8) is 0 Å². The molecule has 0 bridgehead atoms. The van der Waals surface area contributed by atoms with Crippen LogP contribution in [-0.2, 0) is 17.6 Å². The van der Waals surface area contributed by atoms with Crippen molar-refractivity contribution in [2.75, 3.05) is 6.54 Å². The Morgan fingerprint density at radius 2 is 2.28 bits per heavy atom. The van der Waals surface area contributed by atoms with Crippen LogP contribution in [-0.4, -0.2) is 51.5 Å². The van der Waals surface area contributed by atoms with Gasteiger partial charge in [-0.25, -0.2) is 4.79 Å². The predicted octanol–water partition coefficient (Wildman–Crippen LogP) is 3.03. The van der Waals surface area contributed by atoms with Crippen LogP contribution in [0.1, 0.15) is 64.6 Å². The number of fused-ring (bicyclic) bond motifs is 1. The van der Waals surface area contributed by atoms with Crippen LogP contribution in [0.25, 0.3) is 0 Å². The number of rotatable bonds is 4. The van der Waals surface area contributed by atoms with Gasteiger partial charge in [0.1, 0.15) is 5.60 Å². The lowest BCUT2D eigenvalue weighted by atomic mass is 9.92. The highest BCUT2D eigenvalue weighted by Gasteiger charge is 2.33. The van der Waals surface area contributed by atoms with E-state index in [4.69, 9.17) is 4.74 Å². The molecule has 1 amide bonds. The van der Waals surface area contributed by atoms with E-state index < -0.39 is 5.60 Å². The number of likely N-dealkylation sites (tertiary alicyclic amines) is 1. The molecule has 140 valence electrons. The van der Waals surface area contributed by atoms with E-state index >= 15 is 0 Å². The van der Waals surface area contributed by atoms with E-state index in [1.54, 1.807) is 0 Å². The molecule has 1 aliphatic carbocycles. The van der Waals surface area contributed by atoms with Crippen LogP contribution in [0.5, 0.6) is 0 Å². The second kappa shape index (κ2) is 7.36. The van der Waals surface area contributed by atoms with E-state index in [0.717, 1.165) is 45.1 Å². The number of hydrogen-bond acceptors (Lipinski definition) is 4. The molecule has 1 saturated heterocycles. The monoisotopic (exact) mass is 348 g/mol. The van der Waals surface area contributed by atoms with E-state index in [1.165, 1.54) is 11.3 Å². The van der Waals surface area contributed by atoms with Crippen molar-refractivity contribution in [1.82, 2.24) is 20.4 Å². The largest absolute Gasteiger partial charge is 0.444 e. The lowest BCUT2D eigenvalue weighted by Gasteiger charge is -2.32. The summed E-state index contributed by atoms with van der Waals surface area (Å²) >= 11 is 0. The van der Waals surface area contributed by atoms with Crippen molar-refractivity contribution >= 4 is 6.09 Å². The third-order valence-corrected chi connectivity index (χ3v) is 5.17. The van der Waals surface area contributed by atoms with Crippen molar-refractivity contribution in [3.05, 3.63) is 17.5 Å². The Morgan fingerprint density at radius 1 is 1.48 bits per heavy atom.